The topological polar surface area (TPSA) is 57.5 Å². The van der Waals surface area contributed by atoms with Crippen LogP contribution in [0, 0.1) is 0 Å². The lowest BCUT2D eigenvalue weighted by Gasteiger charge is -2.11. The van der Waals surface area contributed by atoms with Crippen LogP contribution in [-0.4, -0.2) is 39.7 Å². The summed E-state index contributed by atoms with van der Waals surface area (Å²) in [4.78, 5) is 9.44. The maximum absolute atomic E-state index is 9.44. The first kappa shape index (κ1) is 14.8. The number of aliphatic hydroxyl groups excluding tert-OH is 2. The predicted octanol–water partition coefficient (Wildman–Crippen LogP) is 0.163. The van der Waals surface area contributed by atoms with E-state index in [0.717, 1.165) is 0 Å². The molecule has 0 bridgehead atoms. The zero-order chi connectivity index (χ0) is 10.1. The van der Waals surface area contributed by atoms with Gasteiger partial charge in [0, 0.05) is 11.5 Å². The summed E-state index contributed by atoms with van der Waals surface area (Å²) in [6.45, 7) is 3.06. The fourth-order valence-electron chi connectivity index (χ4n) is 0.243. The molecule has 0 fully saturated rings. The summed E-state index contributed by atoms with van der Waals surface area (Å²) in [7, 11) is 0. The van der Waals surface area contributed by atoms with Crippen molar-refractivity contribution in [2.75, 3.05) is 11.5 Å². The third-order valence-corrected chi connectivity index (χ3v) is 1.57. The molecule has 0 heterocycles. The van der Waals surface area contributed by atoms with Crippen LogP contribution in [0.4, 0.5) is 0 Å². The molecule has 0 aromatic carbocycles. The Morgan fingerprint density at radius 3 is 1.42 bits per heavy atom. The number of hydrogen-bond donors (Lipinski definition) is 4. The van der Waals surface area contributed by atoms with E-state index in [4.69, 9.17) is 10.2 Å². The third-order valence-electron chi connectivity index (χ3n) is 0.818. The van der Waals surface area contributed by atoms with Crippen molar-refractivity contribution >= 4 is 31.0 Å². The van der Waals surface area contributed by atoms with Gasteiger partial charge in [0.05, 0.1) is 12.2 Å². The lowest BCUT2D eigenvalue weighted by atomic mass is 10.3. The van der Waals surface area contributed by atoms with Gasteiger partial charge >= 0.3 is 0 Å². The number of carbonyl (C=O) groups excluding carboxylic acids is 1. The van der Waals surface area contributed by atoms with Crippen molar-refractivity contribution in [1.82, 2.24) is 0 Å². The lowest BCUT2D eigenvalue weighted by Crippen LogP contribution is -2.28. The standard InChI is InChI=1S/C4H10O2S2.C3H6O/c5-3(1-7)4(6)2-8;1-3(2)4/h3-8H,1-2H2;1-2H3/t3-,4-;/m1./s1. The Morgan fingerprint density at radius 2 is 1.33 bits per heavy atom. The predicted molar refractivity (Wildman–Crippen MR) is 56.1 cm³/mol. The maximum Gasteiger partial charge on any atom is 0.126 e. The fraction of sp³-hybridized carbons (Fsp3) is 0.857. The summed E-state index contributed by atoms with van der Waals surface area (Å²) in [5.41, 5.74) is 0. The molecule has 0 aliphatic rings. The molecule has 0 saturated carbocycles. The molecule has 2 atom stereocenters. The first-order valence-corrected chi connectivity index (χ1v) is 4.77. The maximum atomic E-state index is 9.44. The van der Waals surface area contributed by atoms with Gasteiger partial charge in [0.1, 0.15) is 5.78 Å². The first-order chi connectivity index (χ1) is 5.45. The van der Waals surface area contributed by atoms with E-state index in [9.17, 15) is 4.79 Å². The van der Waals surface area contributed by atoms with Crippen molar-refractivity contribution < 1.29 is 15.0 Å². The van der Waals surface area contributed by atoms with Crippen molar-refractivity contribution in [3.05, 3.63) is 0 Å². The second-order valence-corrected chi connectivity index (χ2v) is 3.14. The van der Waals surface area contributed by atoms with E-state index in [1.54, 1.807) is 0 Å². The summed E-state index contributed by atoms with van der Waals surface area (Å²) in [5, 5.41) is 17.5. The molecule has 0 aliphatic carbocycles. The van der Waals surface area contributed by atoms with Crippen molar-refractivity contribution in [2.24, 2.45) is 0 Å². The molecule has 0 spiro atoms. The van der Waals surface area contributed by atoms with Gasteiger partial charge in [0.15, 0.2) is 0 Å². The van der Waals surface area contributed by atoms with Crippen molar-refractivity contribution in [3.8, 4) is 0 Å². The molecule has 0 radical (unpaired) electrons. The van der Waals surface area contributed by atoms with Gasteiger partial charge in [-0.15, -0.1) is 0 Å². The normalized spacial score (nSPS) is 14.2. The Kier molecular flexibility index (Phi) is 11.6. The van der Waals surface area contributed by atoms with E-state index >= 15 is 0 Å². The van der Waals surface area contributed by atoms with Crippen LogP contribution in [0.25, 0.3) is 0 Å². The molecule has 0 aliphatic heterocycles. The number of carbonyl (C=O) groups is 1. The van der Waals surface area contributed by atoms with Crippen LogP contribution in [0.3, 0.4) is 0 Å². The van der Waals surface area contributed by atoms with Crippen molar-refractivity contribution in [2.45, 2.75) is 26.1 Å². The summed E-state index contributed by atoms with van der Waals surface area (Å²) >= 11 is 7.53. The molecule has 0 aromatic heterocycles. The average molecular weight is 212 g/mol. The smallest absolute Gasteiger partial charge is 0.126 e. The molecule has 0 unspecified atom stereocenters. The van der Waals surface area contributed by atoms with Crippen LogP contribution in [0.5, 0.6) is 0 Å². The molecule has 0 amide bonds. The molecular formula is C7H16O3S2. The molecule has 0 rings (SSSR count). The monoisotopic (exact) mass is 212 g/mol. The van der Waals surface area contributed by atoms with Crippen LogP contribution < -0.4 is 0 Å². The van der Waals surface area contributed by atoms with Gasteiger partial charge in [-0.1, -0.05) is 0 Å². The van der Waals surface area contributed by atoms with Gasteiger partial charge in [0.2, 0.25) is 0 Å². The number of thiol groups is 2. The Hall–Kier alpha value is 0.290. The van der Waals surface area contributed by atoms with E-state index in [2.05, 4.69) is 25.3 Å². The summed E-state index contributed by atoms with van der Waals surface area (Å²) in [6.07, 6.45) is -1.48. The summed E-state index contributed by atoms with van der Waals surface area (Å²) in [5.74, 6) is 0.726. The van der Waals surface area contributed by atoms with Gasteiger partial charge in [-0.2, -0.15) is 25.3 Å². The van der Waals surface area contributed by atoms with E-state index in [1.165, 1.54) is 13.8 Å². The van der Waals surface area contributed by atoms with Crippen molar-refractivity contribution in [1.29, 1.82) is 0 Å². The highest BCUT2D eigenvalue weighted by Crippen LogP contribution is 1.96. The van der Waals surface area contributed by atoms with Crippen LogP contribution in [0.15, 0.2) is 0 Å². The molecule has 3 nitrogen and oxygen atoms in total. The second-order valence-electron chi connectivity index (χ2n) is 2.41. The summed E-state index contributed by atoms with van der Waals surface area (Å²) in [6, 6.07) is 0. The molecule has 2 N–H and O–H groups in total. The average Bonchev–Trinajstić information content (AvgIpc) is 2.00. The Labute approximate surface area is 84.0 Å². The lowest BCUT2D eigenvalue weighted by molar-refractivity contribution is -0.114. The van der Waals surface area contributed by atoms with Crippen LogP contribution in [-0.2, 0) is 4.79 Å². The van der Waals surface area contributed by atoms with E-state index < -0.39 is 12.2 Å². The largest absolute Gasteiger partial charge is 0.390 e. The highest BCUT2D eigenvalue weighted by molar-refractivity contribution is 7.80. The summed E-state index contributed by atoms with van der Waals surface area (Å²) < 4.78 is 0. The number of ketones is 1. The van der Waals surface area contributed by atoms with Crippen molar-refractivity contribution in [3.63, 3.8) is 0 Å². The van der Waals surface area contributed by atoms with Crippen LogP contribution >= 0.6 is 25.3 Å². The van der Waals surface area contributed by atoms with E-state index in [-0.39, 0.29) is 17.3 Å². The molecule has 5 heteroatoms. The van der Waals surface area contributed by atoms with E-state index in [1.807, 2.05) is 0 Å². The zero-order valence-corrected chi connectivity index (χ0v) is 9.05. The van der Waals surface area contributed by atoms with Gasteiger partial charge < -0.3 is 15.0 Å². The first-order valence-electron chi connectivity index (χ1n) is 3.50. The van der Waals surface area contributed by atoms with Gasteiger partial charge in [-0.3, -0.25) is 0 Å². The highest BCUT2D eigenvalue weighted by atomic mass is 32.1. The number of Topliss-reactive ketones (excluding diaryl/α,β-unsaturated/α-hetero) is 1. The molecule has 12 heavy (non-hydrogen) atoms. The molecule has 0 aromatic rings. The zero-order valence-electron chi connectivity index (χ0n) is 7.27. The molecule has 0 saturated heterocycles. The molecule has 74 valence electrons. The van der Waals surface area contributed by atoms with Gasteiger partial charge in [-0.05, 0) is 13.8 Å². The number of rotatable bonds is 3. The fourth-order valence-corrected chi connectivity index (χ4v) is 0.730. The molecular weight excluding hydrogens is 196 g/mol. The quantitative estimate of drug-likeness (QED) is 0.504. The SMILES string of the molecule is CC(C)=O.O[C@H](CS)[C@H](O)CS. The minimum absolute atomic E-state index is 0.167. The van der Waals surface area contributed by atoms with Gasteiger partial charge in [-0.25, -0.2) is 0 Å². The Balaban J connectivity index is 0. The Morgan fingerprint density at radius 1 is 1.17 bits per heavy atom. The number of aliphatic hydroxyl groups is 2. The van der Waals surface area contributed by atoms with Gasteiger partial charge in [0.25, 0.3) is 0 Å². The minimum atomic E-state index is -0.740. The minimum Gasteiger partial charge on any atom is -0.390 e. The third kappa shape index (κ3) is 12.9. The van der Waals surface area contributed by atoms with Crippen LogP contribution in [0.1, 0.15) is 13.8 Å². The highest BCUT2D eigenvalue weighted by Gasteiger charge is 2.10. The second kappa shape index (κ2) is 9.38. The van der Waals surface area contributed by atoms with Crippen LogP contribution in [0.2, 0.25) is 0 Å². The Bertz CT molecular complexity index is 107. The van der Waals surface area contributed by atoms with E-state index in [0.29, 0.717) is 0 Å². The number of hydrogen-bond acceptors (Lipinski definition) is 5.